The third kappa shape index (κ3) is 1.52. The molecule has 4 heteroatoms. The first-order chi connectivity index (χ1) is 7.65. The molecule has 16 heavy (non-hydrogen) atoms. The lowest BCUT2D eigenvalue weighted by Gasteiger charge is -2.03. The standard InChI is InChI=1S/C12H10O4/c1-16-12(15)11(14)9-6-7-4-2-3-5-8(7)10(9)13/h2-5,9H,6H2,1H3. The smallest absolute Gasteiger partial charge is 0.375 e. The van der Waals surface area contributed by atoms with E-state index in [-0.39, 0.29) is 5.78 Å². The van der Waals surface area contributed by atoms with Crippen LogP contribution in [0.15, 0.2) is 24.3 Å². The molecule has 4 nitrogen and oxygen atoms in total. The number of ketones is 2. The second-order valence-electron chi connectivity index (χ2n) is 3.63. The van der Waals surface area contributed by atoms with Gasteiger partial charge in [0.1, 0.15) is 0 Å². The Morgan fingerprint density at radius 1 is 1.31 bits per heavy atom. The summed E-state index contributed by atoms with van der Waals surface area (Å²) in [6.45, 7) is 0. The van der Waals surface area contributed by atoms with E-state index in [0.717, 1.165) is 12.7 Å². The highest BCUT2D eigenvalue weighted by molar-refractivity contribution is 6.40. The molecule has 0 heterocycles. The zero-order chi connectivity index (χ0) is 11.7. The van der Waals surface area contributed by atoms with E-state index in [2.05, 4.69) is 4.74 Å². The first kappa shape index (κ1) is 10.5. The minimum absolute atomic E-state index is 0.286. The summed E-state index contributed by atoms with van der Waals surface area (Å²) in [5.41, 5.74) is 1.35. The summed E-state index contributed by atoms with van der Waals surface area (Å²) in [6.07, 6.45) is 0.295. The zero-order valence-electron chi connectivity index (χ0n) is 8.73. The third-order valence-corrected chi connectivity index (χ3v) is 2.73. The van der Waals surface area contributed by atoms with Crippen LogP contribution in [0.5, 0.6) is 0 Å². The molecule has 1 aliphatic rings. The molecule has 0 radical (unpaired) electrons. The van der Waals surface area contributed by atoms with Crippen molar-refractivity contribution in [2.24, 2.45) is 5.92 Å². The lowest BCUT2D eigenvalue weighted by molar-refractivity contribution is -0.152. The molecule has 0 aliphatic heterocycles. The zero-order valence-corrected chi connectivity index (χ0v) is 8.73. The summed E-state index contributed by atoms with van der Waals surface area (Å²) in [5, 5.41) is 0. The van der Waals surface area contributed by atoms with Gasteiger partial charge in [0.2, 0.25) is 0 Å². The van der Waals surface area contributed by atoms with Gasteiger partial charge >= 0.3 is 5.97 Å². The first-order valence-electron chi connectivity index (χ1n) is 4.89. The van der Waals surface area contributed by atoms with Crippen LogP contribution in [0.2, 0.25) is 0 Å². The van der Waals surface area contributed by atoms with Crippen LogP contribution in [0, 0.1) is 5.92 Å². The Hall–Kier alpha value is -1.97. The fraction of sp³-hybridized carbons (Fsp3) is 0.250. The summed E-state index contributed by atoms with van der Waals surface area (Å²) >= 11 is 0. The van der Waals surface area contributed by atoms with Crippen molar-refractivity contribution in [3.8, 4) is 0 Å². The molecule has 1 aromatic rings. The summed E-state index contributed by atoms with van der Waals surface area (Å²) in [7, 11) is 1.13. The second-order valence-corrected chi connectivity index (χ2v) is 3.63. The monoisotopic (exact) mass is 218 g/mol. The van der Waals surface area contributed by atoms with Crippen molar-refractivity contribution in [1.29, 1.82) is 0 Å². The van der Waals surface area contributed by atoms with Crippen molar-refractivity contribution in [2.75, 3.05) is 7.11 Å². The minimum Gasteiger partial charge on any atom is -0.463 e. The van der Waals surface area contributed by atoms with Crippen LogP contribution in [-0.4, -0.2) is 24.6 Å². The Labute approximate surface area is 92.2 Å². The largest absolute Gasteiger partial charge is 0.463 e. The highest BCUT2D eigenvalue weighted by atomic mass is 16.5. The van der Waals surface area contributed by atoms with E-state index in [1.165, 1.54) is 0 Å². The van der Waals surface area contributed by atoms with Crippen molar-refractivity contribution in [2.45, 2.75) is 6.42 Å². The molecule has 1 aromatic carbocycles. The van der Waals surface area contributed by atoms with Gasteiger partial charge in [-0.1, -0.05) is 24.3 Å². The van der Waals surface area contributed by atoms with Crippen molar-refractivity contribution in [3.05, 3.63) is 35.4 Å². The number of ether oxygens (including phenoxy) is 1. The molecular weight excluding hydrogens is 208 g/mol. The number of esters is 1. The molecule has 0 spiro atoms. The highest BCUT2D eigenvalue weighted by Crippen LogP contribution is 2.27. The summed E-state index contributed by atoms with van der Waals surface area (Å²) in [5.74, 6) is -2.90. The Bertz CT molecular complexity index is 476. The number of fused-ring (bicyclic) bond motifs is 1. The maximum Gasteiger partial charge on any atom is 0.375 e. The average molecular weight is 218 g/mol. The summed E-state index contributed by atoms with van der Waals surface area (Å²) < 4.78 is 4.33. The van der Waals surface area contributed by atoms with Gasteiger partial charge in [-0.2, -0.15) is 0 Å². The number of rotatable bonds is 2. The predicted octanol–water partition coefficient (Wildman–Crippen LogP) is 0.784. The normalized spacial score (nSPS) is 18.1. The van der Waals surface area contributed by atoms with E-state index in [9.17, 15) is 14.4 Å². The van der Waals surface area contributed by atoms with E-state index in [4.69, 9.17) is 0 Å². The molecule has 0 amide bonds. The number of carbonyl (C=O) groups is 3. The van der Waals surface area contributed by atoms with Crippen molar-refractivity contribution in [3.63, 3.8) is 0 Å². The lowest BCUT2D eigenvalue weighted by atomic mass is 10.00. The number of Topliss-reactive ketones (excluding diaryl/α,β-unsaturated/α-hetero) is 2. The van der Waals surface area contributed by atoms with Gasteiger partial charge in [0.05, 0.1) is 13.0 Å². The number of hydrogen-bond donors (Lipinski definition) is 0. The van der Waals surface area contributed by atoms with Crippen LogP contribution in [0.25, 0.3) is 0 Å². The SMILES string of the molecule is COC(=O)C(=O)C1Cc2ccccc2C1=O. The van der Waals surface area contributed by atoms with Crippen LogP contribution in [-0.2, 0) is 20.7 Å². The van der Waals surface area contributed by atoms with Gasteiger partial charge in [0, 0.05) is 5.56 Å². The molecular formula is C12H10O4. The molecule has 2 rings (SSSR count). The molecule has 1 aliphatic carbocycles. The van der Waals surface area contributed by atoms with Gasteiger partial charge in [-0.05, 0) is 12.0 Å². The molecule has 82 valence electrons. The minimum atomic E-state index is -0.953. The Kier molecular flexibility index (Phi) is 2.56. The molecule has 0 fully saturated rings. The lowest BCUT2D eigenvalue weighted by Crippen LogP contribution is -2.28. The second kappa shape index (κ2) is 3.89. The first-order valence-corrected chi connectivity index (χ1v) is 4.89. The Morgan fingerprint density at radius 3 is 2.62 bits per heavy atom. The van der Waals surface area contributed by atoms with Gasteiger partial charge in [0.25, 0.3) is 5.78 Å². The topological polar surface area (TPSA) is 60.4 Å². The quantitative estimate of drug-likeness (QED) is 0.418. The molecule has 0 N–H and O–H groups in total. The highest BCUT2D eigenvalue weighted by Gasteiger charge is 2.38. The van der Waals surface area contributed by atoms with E-state index >= 15 is 0 Å². The van der Waals surface area contributed by atoms with Crippen molar-refractivity contribution < 1.29 is 19.1 Å². The predicted molar refractivity (Wildman–Crippen MR) is 55.0 cm³/mol. The van der Waals surface area contributed by atoms with E-state index in [0.29, 0.717) is 12.0 Å². The maximum absolute atomic E-state index is 11.8. The molecule has 1 atom stereocenters. The van der Waals surface area contributed by atoms with Crippen LogP contribution in [0.4, 0.5) is 0 Å². The molecule has 0 bridgehead atoms. The summed E-state index contributed by atoms with van der Waals surface area (Å²) in [4.78, 5) is 34.5. The summed E-state index contributed by atoms with van der Waals surface area (Å²) in [6, 6.07) is 7.00. The van der Waals surface area contributed by atoms with Crippen LogP contribution in [0.1, 0.15) is 15.9 Å². The van der Waals surface area contributed by atoms with Gasteiger partial charge in [-0.3, -0.25) is 9.59 Å². The van der Waals surface area contributed by atoms with Crippen LogP contribution in [0.3, 0.4) is 0 Å². The third-order valence-electron chi connectivity index (χ3n) is 2.73. The van der Waals surface area contributed by atoms with Gasteiger partial charge in [-0.15, -0.1) is 0 Å². The number of benzene rings is 1. The number of carbonyl (C=O) groups excluding carboxylic acids is 3. The van der Waals surface area contributed by atoms with Crippen LogP contribution < -0.4 is 0 Å². The fourth-order valence-corrected chi connectivity index (χ4v) is 1.89. The average Bonchev–Trinajstić information content (AvgIpc) is 2.65. The van der Waals surface area contributed by atoms with E-state index < -0.39 is 17.7 Å². The fourth-order valence-electron chi connectivity index (χ4n) is 1.89. The Morgan fingerprint density at radius 2 is 2.00 bits per heavy atom. The van der Waals surface area contributed by atoms with Gasteiger partial charge < -0.3 is 4.74 Å². The van der Waals surface area contributed by atoms with Gasteiger partial charge in [-0.25, -0.2) is 4.79 Å². The van der Waals surface area contributed by atoms with Crippen molar-refractivity contribution in [1.82, 2.24) is 0 Å². The molecule has 0 saturated heterocycles. The molecule has 0 saturated carbocycles. The maximum atomic E-state index is 11.8. The number of methoxy groups -OCH3 is 1. The van der Waals surface area contributed by atoms with E-state index in [1.54, 1.807) is 24.3 Å². The van der Waals surface area contributed by atoms with E-state index in [1.807, 2.05) is 0 Å². The van der Waals surface area contributed by atoms with Gasteiger partial charge in [0.15, 0.2) is 5.78 Å². The van der Waals surface area contributed by atoms with Crippen LogP contribution >= 0.6 is 0 Å². The Balaban J connectivity index is 2.29. The van der Waals surface area contributed by atoms with Crippen molar-refractivity contribution >= 4 is 17.5 Å². The molecule has 1 unspecified atom stereocenters. The molecule has 0 aromatic heterocycles. The number of hydrogen-bond acceptors (Lipinski definition) is 4.